The first kappa shape index (κ1) is 13.5. The Morgan fingerprint density at radius 2 is 2.06 bits per heavy atom. The number of aliphatic carboxylic acids is 1. The lowest BCUT2D eigenvalue weighted by molar-refractivity contribution is -0.142. The topological polar surface area (TPSA) is 58.6 Å². The van der Waals surface area contributed by atoms with Gasteiger partial charge in [-0.15, -0.1) is 0 Å². The molecule has 0 aromatic heterocycles. The van der Waals surface area contributed by atoms with E-state index in [1.165, 1.54) is 0 Å². The minimum atomic E-state index is -0.633. The molecule has 0 radical (unpaired) electrons. The summed E-state index contributed by atoms with van der Waals surface area (Å²) >= 11 is 0. The molecule has 1 rings (SSSR count). The van der Waals surface area contributed by atoms with Crippen LogP contribution in [-0.2, 0) is 9.53 Å². The van der Waals surface area contributed by atoms with Crippen molar-refractivity contribution in [3.05, 3.63) is 0 Å². The zero-order valence-corrected chi connectivity index (χ0v) is 10.2. The third kappa shape index (κ3) is 4.49. The van der Waals surface area contributed by atoms with Gasteiger partial charge in [0.2, 0.25) is 0 Å². The Kier molecular flexibility index (Phi) is 5.77. The predicted octanol–water partition coefficient (Wildman–Crippen LogP) is 1.64. The van der Waals surface area contributed by atoms with Crippen LogP contribution >= 0.6 is 0 Å². The minimum absolute atomic E-state index is 0.118. The molecule has 1 saturated carbocycles. The molecule has 0 amide bonds. The fraction of sp³-hybridized carbons (Fsp3) is 0.917. The number of hydrogen-bond acceptors (Lipinski definition) is 3. The van der Waals surface area contributed by atoms with Crippen molar-refractivity contribution < 1.29 is 14.6 Å². The van der Waals surface area contributed by atoms with Gasteiger partial charge in [0, 0.05) is 25.8 Å². The van der Waals surface area contributed by atoms with Crippen molar-refractivity contribution in [2.24, 2.45) is 5.92 Å². The van der Waals surface area contributed by atoms with Crippen LogP contribution in [0.1, 0.15) is 39.0 Å². The van der Waals surface area contributed by atoms with Gasteiger partial charge in [0.1, 0.15) is 0 Å². The van der Waals surface area contributed by atoms with Gasteiger partial charge in [0.05, 0.1) is 5.92 Å². The summed E-state index contributed by atoms with van der Waals surface area (Å²) < 4.78 is 5.03. The highest BCUT2D eigenvalue weighted by Gasteiger charge is 2.26. The second-order valence-corrected chi connectivity index (χ2v) is 4.74. The number of carbonyl (C=O) groups is 1. The molecule has 1 fully saturated rings. The number of carboxylic acid groups (broad SMARTS) is 1. The molecule has 0 aromatic carbocycles. The minimum Gasteiger partial charge on any atom is -0.481 e. The average molecular weight is 229 g/mol. The van der Waals surface area contributed by atoms with E-state index < -0.39 is 5.97 Å². The molecule has 0 spiro atoms. The highest BCUT2D eigenvalue weighted by atomic mass is 16.5. The second kappa shape index (κ2) is 6.86. The average Bonchev–Trinajstić information content (AvgIpc) is 2.27. The molecular formula is C12H23NO3. The molecule has 0 bridgehead atoms. The Morgan fingerprint density at radius 3 is 2.56 bits per heavy atom. The summed E-state index contributed by atoms with van der Waals surface area (Å²) in [5.41, 5.74) is 0. The van der Waals surface area contributed by atoms with E-state index in [0.717, 1.165) is 38.7 Å². The molecule has 1 unspecified atom stereocenters. The van der Waals surface area contributed by atoms with Crippen molar-refractivity contribution in [3.8, 4) is 0 Å². The van der Waals surface area contributed by atoms with Gasteiger partial charge in [-0.2, -0.15) is 0 Å². The molecule has 4 heteroatoms. The number of carboxylic acids is 1. The van der Waals surface area contributed by atoms with E-state index in [2.05, 4.69) is 12.2 Å². The van der Waals surface area contributed by atoms with Crippen LogP contribution in [0.15, 0.2) is 0 Å². The van der Waals surface area contributed by atoms with E-state index in [-0.39, 0.29) is 5.92 Å². The van der Waals surface area contributed by atoms with E-state index in [0.29, 0.717) is 12.1 Å². The first-order valence-electron chi connectivity index (χ1n) is 6.11. The maximum absolute atomic E-state index is 10.8. The SMILES string of the molecule is COCCC(C)NC1CCC(C(=O)O)CC1. The Hall–Kier alpha value is -0.610. The third-order valence-electron chi connectivity index (χ3n) is 3.35. The normalized spacial score (nSPS) is 27.6. The lowest BCUT2D eigenvalue weighted by Gasteiger charge is -2.29. The quantitative estimate of drug-likeness (QED) is 0.727. The van der Waals surface area contributed by atoms with Gasteiger partial charge in [-0.1, -0.05) is 0 Å². The van der Waals surface area contributed by atoms with E-state index >= 15 is 0 Å². The van der Waals surface area contributed by atoms with Crippen LogP contribution in [0.2, 0.25) is 0 Å². The van der Waals surface area contributed by atoms with Gasteiger partial charge < -0.3 is 15.2 Å². The van der Waals surface area contributed by atoms with E-state index in [1.54, 1.807) is 7.11 Å². The van der Waals surface area contributed by atoms with Crippen LogP contribution in [0.4, 0.5) is 0 Å². The van der Waals surface area contributed by atoms with Gasteiger partial charge in [0.15, 0.2) is 0 Å². The molecule has 94 valence electrons. The Balaban J connectivity index is 2.18. The van der Waals surface area contributed by atoms with Crippen molar-refractivity contribution in [3.63, 3.8) is 0 Å². The van der Waals surface area contributed by atoms with Gasteiger partial charge in [0.25, 0.3) is 0 Å². The lowest BCUT2D eigenvalue weighted by atomic mass is 9.86. The van der Waals surface area contributed by atoms with Crippen molar-refractivity contribution in [1.82, 2.24) is 5.32 Å². The molecular weight excluding hydrogens is 206 g/mol. The van der Waals surface area contributed by atoms with Crippen LogP contribution in [0, 0.1) is 5.92 Å². The summed E-state index contributed by atoms with van der Waals surface area (Å²) in [5.74, 6) is -0.752. The molecule has 0 heterocycles. The number of methoxy groups -OCH3 is 1. The molecule has 16 heavy (non-hydrogen) atoms. The van der Waals surface area contributed by atoms with E-state index in [9.17, 15) is 4.79 Å². The van der Waals surface area contributed by atoms with Crippen molar-refractivity contribution in [2.45, 2.75) is 51.1 Å². The van der Waals surface area contributed by atoms with E-state index in [1.807, 2.05) is 0 Å². The van der Waals surface area contributed by atoms with E-state index in [4.69, 9.17) is 9.84 Å². The summed E-state index contributed by atoms with van der Waals surface area (Å²) in [6.07, 6.45) is 4.59. The Bertz CT molecular complexity index is 212. The molecule has 0 saturated heterocycles. The van der Waals surface area contributed by atoms with Crippen LogP contribution < -0.4 is 5.32 Å². The summed E-state index contributed by atoms with van der Waals surface area (Å²) in [5, 5.41) is 12.4. The zero-order valence-electron chi connectivity index (χ0n) is 10.2. The predicted molar refractivity (Wildman–Crippen MR) is 62.5 cm³/mol. The fourth-order valence-corrected chi connectivity index (χ4v) is 2.29. The summed E-state index contributed by atoms with van der Waals surface area (Å²) in [7, 11) is 1.71. The largest absolute Gasteiger partial charge is 0.481 e. The fourth-order valence-electron chi connectivity index (χ4n) is 2.29. The van der Waals surface area contributed by atoms with Crippen LogP contribution in [0.5, 0.6) is 0 Å². The molecule has 1 atom stereocenters. The molecule has 1 aliphatic carbocycles. The van der Waals surface area contributed by atoms with Gasteiger partial charge in [-0.25, -0.2) is 0 Å². The third-order valence-corrected chi connectivity index (χ3v) is 3.35. The summed E-state index contributed by atoms with van der Waals surface area (Å²) in [6, 6.07) is 0.939. The maximum atomic E-state index is 10.8. The van der Waals surface area contributed by atoms with Crippen LogP contribution in [-0.4, -0.2) is 36.9 Å². The number of ether oxygens (including phenoxy) is 1. The monoisotopic (exact) mass is 229 g/mol. The second-order valence-electron chi connectivity index (χ2n) is 4.74. The van der Waals surface area contributed by atoms with Crippen molar-refractivity contribution >= 4 is 5.97 Å². The zero-order chi connectivity index (χ0) is 12.0. The number of rotatable bonds is 6. The van der Waals surface area contributed by atoms with Gasteiger partial charge in [-0.3, -0.25) is 4.79 Å². The Morgan fingerprint density at radius 1 is 1.44 bits per heavy atom. The Labute approximate surface area is 97.4 Å². The van der Waals surface area contributed by atoms with Gasteiger partial charge in [-0.05, 0) is 39.0 Å². The van der Waals surface area contributed by atoms with Crippen molar-refractivity contribution in [1.29, 1.82) is 0 Å². The highest BCUT2D eigenvalue weighted by molar-refractivity contribution is 5.70. The molecule has 0 aliphatic heterocycles. The smallest absolute Gasteiger partial charge is 0.306 e. The molecule has 0 aromatic rings. The number of nitrogens with one attached hydrogen (secondary N) is 1. The van der Waals surface area contributed by atoms with Crippen LogP contribution in [0.3, 0.4) is 0 Å². The molecule has 4 nitrogen and oxygen atoms in total. The standard InChI is InChI=1S/C12H23NO3/c1-9(7-8-16-2)13-11-5-3-10(4-6-11)12(14)15/h9-11,13H,3-8H2,1-2H3,(H,14,15). The first-order chi connectivity index (χ1) is 7.63. The highest BCUT2D eigenvalue weighted by Crippen LogP contribution is 2.24. The van der Waals surface area contributed by atoms with Gasteiger partial charge >= 0.3 is 5.97 Å². The van der Waals surface area contributed by atoms with Crippen molar-refractivity contribution in [2.75, 3.05) is 13.7 Å². The first-order valence-corrected chi connectivity index (χ1v) is 6.11. The molecule has 2 N–H and O–H groups in total. The summed E-state index contributed by atoms with van der Waals surface area (Å²) in [4.78, 5) is 10.8. The van der Waals surface area contributed by atoms with Crippen LogP contribution in [0.25, 0.3) is 0 Å². The lowest BCUT2D eigenvalue weighted by Crippen LogP contribution is -2.40. The summed E-state index contributed by atoms with van der Waals surface area (Å²) in [6.45, 7) is 2.93. The maximum Gasteiger partial charge on any atom is 0.306 e. The molecule has 1 aliphatic rings. The number of hydrogen-bond donors (Lipinski definition) is 2.